The number of aliphatic carboxylic acids is 1. The first-order valence-corrected chi connectivity index (χ1v) is 9.87. The lowest BCUT2D eigenvalue weighted by molar-refractivity contribution is -0.137. The van der Waals surface area contributed by atoms with E-state index in [1.54, 1.807) is 13.0 Å². The third-order valence-electron chi connectivity index (χ3n) is 3.79. The molecule has 0 aromatic heterocycles. The van der Waals surface area contributed by atoms with Crippen molar-refractivity contribution < 1.29 is 32.6 Å². The van der Waals surface area contributed by atoms with Crippen molar-refractivity contribution in [1.29, 1.82) is 0 Å². The predicted molar refractivity (Wildman–Crippen MR) is 102 cm³/mol. The Kier molecular flexibility index (Phi) is 7.00. The van der Waals surface area contributed by atoms with Crippen molar-refractivity contribution in [3.8, 4) is 5.75 Å². The van der Waals surface area contributed by atoms with Crippen LogP contribution in [0.15, 0.2) is 47.4 Å². The number of benzene rings is 2. The number of carbonyl (C=O) groups is 2. The van der Waals surface area contributed by atoms with E-state index in [-0.39, 0.29) is 29.2 Å². The van der Waals surface area contributed by atoms with Gasteiger partial charge in [-0.25, -0.2) is 13.2 Å². The summed E-state index contributed by atoms with van der Waals surface area (Å²) in [6.07, 6.45) is 0.354. The minimum absolute atomic E-state index is 0.0000678. The summed E-state index contributed by atoms with van der Waals surface area (Å²) < 4.78 is 37.8. The first kappa shape index (κ1) is 21.2. The molecule has 0 bridgehead atoms. The lowest BCUT2D eigenvalue weighted by Crippen LogP contribution is -2.14. The molecule has 2 N–H and O–H groups in total. The number of aryl methyl sites for hydroxylation is 1. The van der Waals surface area contributed by atoms with E-state index >= 15 is 0 Å². The Morgan fingerprint density at radius 3 is 2.54 bits per heavy atom. The zero-order valence-electron chi connectivity index (χ0n) is 15.5. The van der Waals surface area contributed by atoms with Gasteiger partial charge < -0.3 is 14.6 Å². The number of carboxylic acid groups (broad SMARTS) is 1. The van der Waals surface area contributed by atoms with Gasteiger partial charge in [0.1, 0.15) is 5.75 Å². The van der Waals surface area contributed by atoms with Gasteiger partial charge in [-0.05, 0) is 55.3 Å². The van der Waals surface area contributed by atoms with Crippen LogP contribution in [0.4, 0.5) is 5.69 Å². The standard InChI is InChI=1S/C19H21NO7S/c1-13-11-16(8-9-17(13)27-10-4-7-18(21)22)28(24,25)20-15-6-3-5-14(12-15)19(23)26-2/h3,5-6,8-9,11-12,20H,4,7,10H2,1-2H3,(H,21,22). The van der Waals surface area contributed by atoms with E-state index in [4.69, 9.17) is 9.84 Å². The molecule has 0 spiro atoms. The molecule has 0 aliphatic rings. The number of anilines is 1. The topological polar surface area (TPSA) is 119 Å². The Bertz CT molecular complexity index is 970. The second kappa shape index (κ2) is 9.23. The number of hydrogen-bond acceptors (Lipinski definition) is 6. The number of nitrogens with one attached hydrogen (secondary N) is 1. The minimum atomic E-state index is -3.87. The van der Waals surface area contributed by atoms with Crippen LogP contribution in [-0.2, 0) is 19.6 Å². The highest BCUT2D eigenvalue weighted by Crippen LogP contribution is 2.24. The summed E-state index contributed by atoms with van der Waals surface area (Å²) >= 11 is 0. The number of carboxylic acids is 1. The maximum Gasteiger partial charge on any atom is 0.337 e. The fraction of sp³-hybridized carbons (Fsp3) is 0.263. The van der Waals surface area contributed by atoms with Gasteiger partial charge in [0.15, 0.2) is 0 Å². The molecule has 0 saturated heterocycles. The smallest absolute Gasteiger partial charge is 0.337 e. The molecule has 2 rings (SSSR count). The summed E-state index contributed by atoms with van der Waals surface area (Å²) in [5, 5.41) is 8.62. The Labute approximate surface area is 163 Å². The largest absolute Gasteiger partial charge is 0.493 e. The maximum absolute atomic E-state index is 12.6. The van der Waals surface area contributed by atoms with E-state index in [2.05, 4.69) is 9.46 Å². The molecule has 0 heterocycles. The molecule has 0 unspecified atom stereocenters. The normalized spacial score (nSPS) is 10.9. The lowest BCUT2D eigenvalue weighted by Gasteiger charge is -2.12. The summed E-state index contributed by atoms with van der Waals surface area (Å²) in [7, 11) is -2.63. The Hall–Kier alpha value is -3.07. The van der Waals surface area contributed by atoms with E-state index in [1.165, 1.54) is 43.5 Å². The molecule has 0 atom stereocenters. The number of methoxy groups -OCH3 is 1. The van der Waals surface area contributed by atoms with Crippen LogP contribution in [0.2, 0.25) is 0 Å². The van der Waals surface area contributed by atoms with Gasteiger partial charge in [-0.15, -0.1) is 0 Å². The second-order valence-electron chi connectivity index (χ2n) is 5.95. The van der Waals surface area contributed by atoms with Gasteiger partial charge in [0, 0.05) is 12.1 Å². The van der Waals surface area contributed by atoms with Crippen molar-refractivity contribution in [2.75, 3.05) is 18.4 Å². The molecule has 0 saturated carbocycles. The van der Waals surface area contributed by atoms with Crippen molar-refractivity contribution in [3.05, 3.63) is 53.6 Å². The van der Waals surface area contributed by atoms with Gasteiger partial charge in [-0.2, -0.15) is 0 Å². The third kappa shape index (κ3) is 5.71. The van der Waals surface area contributed by atoms with Crippen LogP contribution in [0.25, 0.3) is 0 Å². The van der Waals surface area contributed by atoms with E-state index in [0.29, 0.717) is 17.7 Å². The molecule has 8 nitrogen and oxygen atoms in total. The summed E-state index contributed by atoms with van der Waals surface area (Å²) in [5.74, 6) is -0.984. The molecule has 150 valence electrons. The van der Waals surface area contributed by atoms with Crippen molar-refractivity contribution in [1.82, 2.24) is 0 Å². The molecule has 2 aromatic carbocycles. The SMILES string of the molecule is COC(=O)c1cccc(NS(=O)(=O)c2ccc(OCCCC(=O)O)c(C)c2)c1. The van der Waals surface area contributed by atoms with Crippen LogP contribution < -0.4 is 9.46 Å². The zero-order valence-corrected chi connectivity index (χ0v) is 16.3. The number of esters is 1. The lowest BCUT2D eigenvalue weighted by atomic mass is 10.2. The average Bonchev–Trinajstić information content (AvgIpc) is 2.65. The number of sulfonamides is 1. The predicted octanol–water partition coefficient (Wildman–Crippen LogP) is 2.83. The fourth-order valence-corrected chi connectivity index (χ4v) is 3.53. The van der Waals surface area contributed by atoms with Gasteiger partial charge in [0.2, 0.25) is 0 Å². The first-order valence-electron chi connectivity index (χ1n) is 8.39. The van der Waals surface area contributed by atoms with E-state index in [9.17, 15) is 18.0 Å². The Morgan fingerprint density at radius 1 is 1.14 bits per heavy atom. The van der Waals surface area contributed by atoms with Gasteiger partial charge in [0.25, 0.3) is 10.0 Å². The molecule has 9 heteroatoms. The van der Waals surface area contributed by atoms with Crippen LogP contribution in [0.3, 0.4) is 0 Å². The molecule has 0 aliphatic carbocycles. The van der Waals surface area contributed by atoms with Crippen molar-refractivity contribution in [2.24, 2.45) is 0 Å². The van der Waals surface area contributed by atoms with Crippen molar-refractivity contribution >= 4 is 27.6 Å². The van der Waals surface area contributed by atoms with Crippen LogP contribution >= 0.6 is 0 Å². The van der Waals surface area contributed by atoms with Gasteiger partial charge in [0.05, 0.1) is 24.2 Å². The highest BCUT2D eigenvalue weighted by atomic mass is 32.2. The molecule has 2 aromatic rings. The highest BCUT2D eigenvalue weighted by molar-refractivity contribution is 7.92. The maximum atomic E-state index is 12.6. The first-order chi connectivity index (χ1) is 13.2. The molecule has 0 fully saturated rings. The molecule has 0 aliphatic heterocycles. The summed E-state index contributed by atoms with van der Waals surface area (Å²) in [5.41, 5.74) is 1.06. The van der Waals surface area contributed by atoms with Gasteiger partial charge in [-0.3, -0.25) is 9.52 Å². The quantitative estimate of drug-likeness (QED) is 0.484. The number of carbonyl (C=O) groups excluding carboxylic acids is 1. The third-order valence-corrected chi connectivity index (χ3v) is 5.16. The van der Waals surface area contributed by atoms with Crippen molar-refractivity contribution in [3.63, 3.8) is 0 Å². The zero-order chi connectivity index (χ0) is 20.7. The van der Waals surface area contributed by atoms with Crippen LogP contribution in [0.5, 0.6) is 5.75 Å². The van der Waals surface area contributed by atoms with E-state index in [0.717, 1.165) is 0 Å². The summed E-state index contributed by atoms with van der Waals surface area (Å²) in [4.78, 5) is 22.1. The fourth-order valence-electron chi connectivity index (χ4n) is 2.40. The monoisotopic (exact) mass is 407 g/mol. The summed E-state index contributed by atoms with van der Waals surface area (Å²) in [6, 6.07) is 10.3. The molecule has 0 radical (unpaired) electrons. The number of hydrogen-bond donors (Lipinski definition) is 2. The van der Waals surface area contributed by atoms with Crippen LogP contribution in [0, 0.1) is 6.92 Å². The molecule has 28 heavy (non-hydrogen) atoms. The van der Waals surface area contributed by atoms with Crippen LogP contribution in [-0.4, -0.2) is 39.2 Å². The molecular weight excluding hydrogens is 386 g/mol. The molecular formula is C19H21NO7S. The van der Waals surface area contributed by atoms with E-state index < -0.39 is 22.0 Å². The second-order valence-corrected chi connectivity index (χ2v) is 7.63. The van der Waals surface area contributed by atoms with E-state index in [1.807, 2.05) is 0 Å². The minimum Gasteiger partial charge on any atom is -0.493 e. The Balaban J connectivity index is 2.12. The number of ether oxygens (including phenoxy) is 2. The summed E-state index contributed by atoms with van der Waals surface area (Å²) in [6.45, 7) is 1.92. The van der Waals surface area contributed by atoms with Crippen LogP contribution in [0.1, 0.15) is 28.8 Å². The average molecular weight is 407 g/mol. The Morgan fingerprint density at radius 2 is 1.89 bits per heavy atom. The number of rotatable bonds is 9. The van der Waals surface area contributed by atoms with Crippen molar-refractivity contribution in [2.45, 2.75) is 24.7 Å². The molecule has 0 amide bonds. The van der Waals surface area contributed by atoms with Gasteiger partial charge >= 0.3 is 11.9 Å². The highest BCUT2D eigenvalue weighted by Gasteiger charge is 2.17. The van der Waals surface area contributed by atoms with Gasteiger partial charge in [-0.1, -0.05) is 6.07 Å².